The van der Waals surface area contributed by atoms with Gasteiger partial charge in [-0.05, 0) is 19.1 Å². The molecule has 0 aliphatic rings. The highest BCUT2D eigenvalue weighted by Crippen LogP contribution is 2.14. The van der Waals surface area contributed by atoms with E-state index in [9.17, 15) is 4.79 Å². The molecule has 2 heterocycles. The van der Waals surface area contributed by atoms with E-state index in [1.165, 1.54) is 6.20 Å². The third-order valence-corrected chi connectivity index (χ3v) is 2.21. The van der Waals surface area contributed by atoms with E-state index in [0.717, 1.165) is 0 Å². The number of H-pyrrole nitrogens is 1. The highest BCUT2D eigenvalue weighted by molar-refractivity contribution is 5.97. The molecule has 2 aromatic heterocycles. The van der Waals surface area contributed by atoms with Crippen molar-refractivity contribution in [2.24, 2.45) is 0 Å². The standard InChI is InChI=1S/C10H12N4O2/c1-6(8-3-2-4-16-8)13-10(15)9-7(11)5-12-14-9/h2-6H,11H2,1H3,(H,12,14)(H,13,15). The maximum atomic E-state index is 11.7. The minimum atomic E-state index is -0.307. The molecule has 1 unspecified atom stereocenters. The average molecular weight is 220 g/mol. The van der Waals surface area contributed by atoms with Gasteiger partial charge in [0, 0.05) is 0 Å². The zero-order chi connectivity index (χ0) is 11.5. The number of furan rings is 1. The van der Waals surface area contributed by atoms with Gasteiger partial charge in [-0.25, -0.2) is 0 Å². The van der Waals surface area contributed by atoms with Gasteiger partial charge < -0.3 is 15.5 Å². The lowest BCUT2D eigenvalue weighted by Crippen LogP contribution is -2.27. The van der Waals surface area contributed by atoms with Crippen LogP contribution in [0, 0.1) is 0 Å². The molecule has 84 valence electrons. The summed E-state index contributed by atoms with van der Waals surface area (Å²) in [6, 6.07) is 3.34. The SMILES string of the molecule is CC(NC(=O)c1[nH]ncc1N)c1ccco1. The van der Waals surface area contributed by atoms with Gasteiger partial charge in [-0.15, -0.1) is 0 Å². The van der Waals surface area contributed by atoms with Crippen LogP contribution in [0.3, 0.4) is 0 Å². The molecule has 2 aromatic rings. The molecule has 0 radical (unpaired) electrons. The molecule has 0 spiro atoms. The predicted octanol–water partition coefficient (Wildman–Crippen LogP) is 1.08. The lowest BCUT2D eigenvalue weighted by Gasteiger charge is -2.10. The number of nitrogens with zero attached hydrogens (tertiary/aromatic N) is 1. The summed E-state index contributed by atoms with van der Waals surface area (Å²) >= 11 is 0. The Hall–Kier alpha value is -2.24. The predicted molar refractivity (Wildman–Crippen MR) is 57.6 cm³/mol. The van der Waals surface area contributed by atoms with Gasteiger partial charge in [0.2, 0.25) is 0 Å². The highest BCUT2D eigenvalue weighted by Gasteiger charge is 2.16. The van der Waals surface area contributed by atoms with Crippen molar-refractivity contribution < 1.29 is 9.21 Å². The second-order valence-electron chi connectivity index (χ2n) is 3.41. The smallest absolute Gasteiger partial charge is 0.272 e. The van der Waals surface area contributed by atoms with Crippen molar-refractivity contribution in [2.75, 3.05) is 5.73 Å². The molecule has 0 aromatic carbocycles. The van der Waals surface area contributed by atoms with Gasteiger partial charge >= 0.3 is 0 Å². The maximum Gasteiger partial charge on any atom is 0.272 e. The fourth-order valence-electron chi connectivity index (χ4n) is 1.35. The number of hydrogen-bond acceptors (Lipinski definition) is 4. The lowest BCUT2D eigenvalue weighted by molar-refractivity contribution is 0.0931. The Bertz CT molecular complexity index is 475. The van der Waals surface area contributed by atoms with Crippen molar-refractivity contribution in [3.05, 3.63) is 36.0 Å². The van der Waals surface area contributed by atoms with Crippen LogP contribution in [-0.2, 0) is 0 Å². The molecule has 6 heteroatoms. The largest absolute Gasteiger partial charge is 0.467 e. The Morgan fingerprint density at radius 2 is 2.50 bits per heavy atom. The first-order valence-electron chi connectivity index (χ1n) is 4.81. The van der Waals surface area contributed by atoms with E-state index in [0.29, 0.717) is 11.4 Å². The van der Waals surface area contributed by atoms with Crippen LogP contribution < -0.4 is 11.1 Å². The van der Waals surface area contributed by atoms with E-state index < -0.39 is 0 Å². The van der Waals surface area contributed by atoms with E-state index in [1.54, 1.807) is 18.4 Å². The number of anilines is 1. The summed E-state index contributed by atoms with van der Waals surface area (Å²) in [6.07, 6.45) is 2.95. The fourth-order valence-corrected chi connectivity index (χ4v) is 1.35. The number of nitrogens with one attached hydrogen (secondary N) is 2. The number of aromatic nitrogens is 2. The molecule has 0 saturated carbocycles. The number of carbonyl (C=O) groups excluding carboxylic acids is 1. The molecule has 2 rings (SSSR count). The Morgan fingerprint density at radius 1 is 1.69 bits per heavy atom. The lowest BCUT2D eigenvalue weighted by atomic mass is 10.2. The average Bonchev–Trinajstić information content (AvgIpc) is 2.86. The summed E-state index contributed by atoms with van der Waals surface area (Å²) in [7, 11) is 0. The van der Waals surface area contributed by atoms with Crippen LogP contribution in [0.4, 0.5) is 5.69 Å². The van der Waals surface area contributed by atoms with E-state index in [2.05, 4.69) is 15.5 Å². The second kappa shape index (κ2) is 4.09. The fraction of sp³-hybridized carbons (Fsp3) is 0.200. The van der Waals surface area contributed by atoms with Gasteiger partial charge in [-0.1, -0.05) is 0 Å². The molecule has 4 N–H and O–H groups in total. The van der Waals surface area contributed by atoms with Gasteiger partial charge in [0.1, 0.15) is 11.5 Å². The minimum absolute atomic E-state index is 0.217. The molecule has 0 bridgehead atoms. The van der Waals surface area contributed by atoms with Crippen LogP contribution in [0.15, 0.2) is 29.0 Å². The molecule has 6 nitrogen and oxygen atoms in total. The molecule has 0 saturated heterocycles. The van der Waals surface area contributed by atoms with Crippen molar-refractivity contribution in [1.29, 1.82) is 0 Å². The summed E-state index contributed by atoms with van der Waals surface area (Å²) in [5, 5.41) is 8.96. The number of carbonyl (C=O) groups is 1. The topological polar surface area (TPSA) is 96.9 Å². The van der Waals surface area contributed by atoms with E-state index in [-0.39, 0.29) is 17.6 Å². The van der Waals surface area contributed by atoms with Crippen molar-refractivity contribution in [3.63, 3.8) is 0 Å². The van der Waals surface area contributed by atoms with Crippen LogP contribution in [0.2, 0.25) is 0 Å². The van der Waals surface area contributed by atoms with E-state index >= 15 is 0 Å². The van der Waals surface area contributed by atoms with Crippen molar-refractivity contribution in [1.82, 2.24) is 15.5 Å². The minimum Gasteiger partial charge on any atom is -0.467 e. The van der Waals surface area contributed by atoms with Gasteiger partial charge in [0.05, 0.1) is 24.2 Å². The maximum absolute atomic E-state index is 11.7. The number of amides is 1. The monoisotopic (exact) mass is 220 g/mol. The molecule has 1 atom stereocenters. The Morgan fingerprint density at radius 3 is 3.06 bits per heavy atom. The molecule has 0 aliphatic heterocycles. The Balaban J connectivity index is 2.06. The van der Waals surface area contributed by atoms with Gasteiger partial charge in [-0.3, -0.25) is 9.89 Å². The van der Waals surface area contributed by atoms with Crippen LogP contribution in [0.25, 0.3) is 0 Å². The third-order valence-electron chi connectivity index (χ3n) is 2.21. The second-order valence-corrected chi connectivity index (χ2v) is 3.41. The number of rotatable bonds is 3. The first-order valence-corrected chi connectivity index (χ1v) is 4.81. The van der Waals surface area contributed by atoms with E-state index in [4.69, 9.17) is 10.2 Å². The van der Waals surface area contributed by atoms with Crippen LogP contribution in [-0.4, -0.2) is 16.1 Å². The first kappa shape index (κ1) is 10.3. The first-order chi connectivity index (χ1) is 7.68. The van der Waals surface area contributed by atoms with E-state index in [1.807, 2.05) is 6.92 Å². The third kappa shape index (κ3) is 1.90. The number of hydrogen-bond donors (Lipinski definition) is 3. The molecule has 0 aliphatic carbocycles. The van der Waals surface area contributed by atoms with Crippen LogP contribution >= 0.6 is 0 Å². The Kier molecular flexibility index (Phi) is 2.63. The van der Waals surface area contributed by atoms with Crippen molar-refractivity contribution in [3.8, 4) is 0 Å². The molecule has 0 fully saturated rings. The van der Waals surface area contributed by atoms with Gasteiger partial charge in [0.25, 0.3) is 5.91 Å². The molecular weight excluding hydrogens is 208 g/mol. The summed E-state index contributed by atoms with van der Waals surface area (Å²) in [5.74, 6) is 0.380. The van der Waals surface area contributed by atoms with Crippen molar-refractivity contribution in [2.45, 2.75) is 13.0 Å². The number of aromatic amines is 1. The summed E-state index contributed by atoms with van der Waals surface area (Å²) in [5.41, 5.74) is 6.14. The Labute approximate surface area is 91.8 Å². The highest BCUT2D eigenvalue weighted by atomic mass is 16.3. The number of nitrogen functional groups attached to an aromatic ring is 1. The zero-order valence-corrected chi connectivity index (χ0v) is 8.73. The quantitative estimate of drug-likeness (QED) is 0.720. The summed E-state index contributed by atoms with van der Waals surface area (Å²) in [6.45, 7) is 1.82. The molecule has 1 amide bonds. The zero-order valence-electron chi connectivity index (χ0n) is 8.73. The summed E-state index contributed by atoms with van der Waals surface area (Å²) in [4.78, 5) is 11.7. The number of nitrogens with two attached hydrogens (primary N) is 1. The normalized spacial score (nSPS) is 12.3. The molecular formula is C10H12N4O2. The van der Waals surface area contributed by atoms with Crippen LogP contribution in [0.1, 0.15) is 29.2 Å². The van der Waals surface area contributed by atoms with Gasteiger partial charge in [-0.2, -0.15) is 5.10 Å². The van der Waals surface area contributed by atoms with Crippen molar-refractivity contribution >= 4 is 11.6 Å². The van der Waals surface area contributed by atoms with Gasteiger partial charge in [0.15, 0.2) is 0 Å². The van der Waals surface area contributed by atoms with Crippen LogP contribution in [0.5, 0.6) is 0 Å². The molecule has 16 heavy (non-hydrogen) atoms. The summed E-state index contributed by atoms with van der Waals surface area (Å²) < 4.78 is 5.17.